The molecule has 1 amide bonds. The highest BCUT2D eigenvalue weighted by molar-refractivity contribution is 9.10. The monoisotopic (exact) mass is 521 g/mol. The number of hydrogen-bond acceptors (Lipinski definition) is 5. The molecule has 0 unspecified atom stereocenters. The molecule has 3 aromatic carbocycles. The van der Waals surface area contributed by atoms with Crippen molar-refractivity contribution in [3.63, 3.8) is 0 Å². The summed E-state index contributed by atoms with van der Waals surface area (Å²) in [6, 6.07) is 22.8. The number of carbonyl (C=O) groups excluding carboxylic acids is 2. The van der Waals surface area contributed by atoms with Crippen molar-refractivity contribution in [2.45, 2.75) is 24.9 Å². The zero-order valence-electron chi connectivity index (χ0n) is 19.2. The number of piperidine rings is 1. The molecule has 0 bridgehead atoms. The Balaban J connectivity index is 1.37. The molecular weight excluding hydrogens is 494 g/mol. The summed E-state index contributed by atoms with van der Waals surface area (Å²) in [6.07, 6.45) is 1.43. The van der Waals surface area contributed by atoms with Crippen molar-refractivity contribution in [2.75, 3.05) is 38.3 Å². The van der Waals surface area contributed by atoms with Crippen molar-refractivity contribution in [3.05, 3.63) is 76.8 Å². The highest BCUT2D eigenvalue weighted by Gasteiger charge is 2.54. The first-order valence-corrected chi connectivity index (χ1v) is 12.4. The summed E-state index contributed by atoms with van der Waals surface area (Å²) in [5, 5.41) is 2.47. The van der Waals surface area contributed by atoms with Crippen LogP contribution in [-0.4, -0.2) is 60.6 Å². The number of benzene rings is 3. The quantitative estimate of drug-likeness (QED) is 0.465. The van der Waals surface area contributed by atoms with E-state index in [0.29, 0.717) is 19.5 Å². The minimum atomic E-state index is -0.631. The molecule has 1 spiro atoms. The van der Waals surface area contributed by atoms with Crippen LogP contribution in [-0.2, 0) is 20.9 Å². The first-order chi connectivity index (χ1) is 16.5. The third-order valence-corrected chi connectivity index (χ3v) is 7.86. The molecule has 3 aromatic rings. The SMILES string of the molecule is COC(=O)CN1CN(c2ccccc2)C2(CCN(Cc3cccc4c(Br)cccc34)CC2)C1=O. The van der Waals surface area contributed by atoms with Gasteiger partial charge in [0.1, 0.15) is 12.1 Å². The van der Waals surface area contributed by atoms with Crippen LogP contribution in [0.15, 0.2) is 71.2 Å². The zero-order chi connectivity index (χ0) is 23.7. The summed E-state index contributed by atoms with van der Waals surface area (Å²) < 4.78 is 5.94. The topological polar surface area (TPSA) is 53.1 Å². The van der Waals surface area contributed by atoms with Gasteiger partial charge >= 0.3 is 5.97 Å². The maximum atomic E-state index is 13.6. The van der Waals surface area contributed by atoms with Crippen LogP contribution in [0, 0.1) is 0 Å². The fraction of sp³-hybridized carbons (Fsp3) is 0.333. The predicted molar refractivity (Wildman–Crippen MR) is 136 cm³/mol. The molecule has 0 saturated carbocycles. The van der Waals surface area contributed by atoms with Crippen LogP contribution in [0.1, 0.15) is 18.4 Å². The van der Waals surface area contributed by atoms with E-state index in [1.54, 1.807) is 4.90 Å². The lowest BCUT2D eigenvalue weighted by molar-refractivity contribution is -0.146. The molecule has 7 heteroatoms. The average Bonchev–Trinajstić information content (AvgIpc) is 3.12. The van der Waals surface area contributed by atoms with E-state index in [2.05, 4.69) is 62.1 Å². The molecule has 0 atom stereocenters. The van der Waals surface area contributed by atoms with E-state index in [9.17, 15) is 9.59 Å². The third kappa shape index (κ3) is 4.07. The second-order valence-electron chi connectivity index (χ2n) is 9.04. The van der Waals surface area contributed by atoms with Gasteiger partial charge in [-0.1, -0.05) is 64.5 Å². The smallest absolute Gasteiger partial charge is 0.325 e. The summed E-state index contributed by atoms with van der Waals surface area (Å²) >= 11 is 3.67. The number of methoxy groups -OCH3 is 1. The number of anilines is 1. The first kappa shape index (κ1) is 22.9. The fourth-order valence-electron chi connectivity index (χ4n) is 5.34. The van der Waals surface area contributed by atoms with E-state index >= 15 is 0 Å². The van der Waals surface area contributed by atoms with Gasteiger partial charge in [-0.2, -0.15) is 0 Å². The van der Waals surface area contributed by atoms with Crippen LogP contribution in [0.2, 0.25) is 0 Å². The number of rotatable bonds is 5. The Labute approximate surface area is 208 Å². The van der Waals surface area contributed by atoms with E-state index in [0.717, 1.165) is 29.8 Å². The lowest BCUT2D eigenvalue weighted by atomic mass is 9.85. The maximum Gasteiger partial charge on any atom is 0.325 e. The maximum absolute atomic E-state index is 13.6. The van der Waals surface area contributed by atoms with Crippen molar-refractivity contribution in [2.24, 2.45) is 0 Å². The minimum absolute atomic E-state index is 0.0188. The molecule has 2 heterocycles. The van der Waals surface area contributed by atoms with Crippen LogP contribution in [0.5, 0.6) is 0 Å². The van der Waals surface area contributed by atoms with Gasteiger partial charge in [0.05, 0.1) is 13.8 Å². The van der Waals surface area contributed by atoms with Crippen molar-refractivity contribution in [1.82, 2.24) is 9.80 Å². The van der Waals surface area contributed by atoms with Gasteiger partial charge in [0.25, 0.3) is 5.91 Å². The van der Waals surface area contributed by atoms with E-state index in [4.69, 9.17) is 4.74 Å². The zero-order valence-corrected chi connectivity index (χ0v) is 20.8. The van der Waals surface area contributed by atoms with Gasteiger partial charge in [-0.05, 0) is 47.4 Å². The number of fused-ring (bicyclic) bond motifs is 1. The normalized spacial score (nSPS) is 18.1. The molecule has 0 aliphatic carbocycles. The third-order valence-electron chi connectivity index (χ3n) is 7.17. The summed E-state index contributed by atoms with van der Waals surface area (Å²) in [6.45, 7) is 2.84. The number of para-hydroxylation sites is 1. The standard InChI is InChI=1S/C27H28BrN3O3/c1-34-25(32)18-30-19-31(21-8-3-2-4-9-21)27(26(30)33)13-15-29(16-14-27)17-20-7-5-11-23-22(20)10-6-12-24(23)28/h2-12H,13-19H2,1H3. The second-order valence-corrected chi connectivity index (χ2v) is 9.90. The Morgan fingerprint density at radius 3 is 2.41 bits per heavy atom. The number of carbonyl (C=O) groups is 2. The Morgan fingerprint density at radius 2 is 1.68 bits per heavy atom. The van der Waals surface area contributed by atoms with Crippen molar-refractivity contribution >= 4 is 44.3 Å². The van der Waals surface area contributed by atoms with Gasteiger partial charge in [0.2, 0.25) is 0 Å². The summed E-state index contributed by atoms with van der Waals surface area (Å²) in [4.78, 5) is 31.9. The average molecular weight is 522 g/mol. The molecule has 5 rings (SSSR count). The molecule has 0 aromatic heterocycles. The molecule has 2 aliphatic heterocycles. The van der Waals surface area contributed by atoms with Crippen LogP contribution in [0.4, 0.5) is 5.69 Å². The minimum Gasteiger partial charge on any atom is -0.468 e. The number of likely N-dealkylation sites (tertiary alicyclic amines) is 1. The number of esters is 1. The molecule has 6 nitrogen and oxygen atoms in total. The largest absolute Gasteiger partial charge is 0.468 e. The van der Waals surface area contributed by atoms with Crippen LogP contribution >= 0.6 is 15.9 Å². The number of nitrogens with zero attached hydrogens (tertiary/aromatic N) is 3. The first-order valence-electron chi connectivity index (χ1n) is 11.6. The van der Waals surface area contributed by atoms with Crippen molar-refractivity contribution in [1.29, 1.82) is 0 Å². The lowest BCUT2D eigenvalue weighted by Gasteiger charge is -2.43. The fourth-order valence-corrected chi connectivity index (χ4v) is 5.84. The predicted octanol–water partition coefficient (Wildman–Crippen LogP) is 4.42. The van der Waals surface area contributed by atoms with Crippen molar-refractivity contribution < 1.29 is 14.3 Å². The Bertz CT molecular complexity index is 1210. The molecule has 176 valence electrons. The lowest BCUT2D eigenvalue weighted by Crippen LogP contribution is -2.56. The molecule has 0 radical (unpaired) electrons. The Morgan fingerprint density at radius 1 is 0.971 bits per heavy atom. The van der Waals surface area contributed by atoms with E-state index in [1.807, 2.05) is 30.3 Å². The van der Waals surface area contributed by atoms with Gasteiger partial charge in [0.15, 0.2) is 0 Å². The van der Waals surface area contributed by atoms with Crippen LogP contribution < -0.4 is 4.90 Å². The highest BCUT2D eigenvalue weighted by Crippen LogP contribution is 2.40. The molecule has 2 fully saturated rings. The Hall–Kier alpha value is -2.90. The van der Waals surface area contributed by atoms with E-state index in [1.165, 1.54) is 23.4 Å². The number of ether oxygens (including phenoxy) is 1. The molecule has 2 saturated heterocycles. The van der Waals surface area contributed by atoms with E-state index in [-0.39, 0.29) is 12.5 Å². The van der Waals surface area contributed by atoms with Gasteiger partial charge in [-0.3, -0.25) is 14.5 Å². The summed E-state index contributed by atoms with van der Waals surface area (Å²) in [5.41, 5.74) is 1.67. The Kier molecular flexibility index (Phi) is 6.32. The van der Waals surface area contributed by atoms with Crippen LogP contribution in [0.25, 0.3) is 10.8 Å². The van der Waals surface area contributed by atoms with Gasteiger partial charge in [-0.15, -0.1) is 0 Å². The van der Waals surface area contributed by atoms with Gasteiger partial charge in [0, 0.05) is 29.8 Å². The number of amides is 1. The summed E-state index contributed by atoms with van der Waals surface area (Å²) in [7, 11) is 1.36. The number of hydrogen-bond donors (Lipinski definition) is 0. The van der Waals surface area contributed by atoms with Crippen molar-refractivity contribution in [3.8, 4) is 0 Å². The molecular formula is C27H28BrN3O3. The molecule has 0 N–H and O–H groups in total. The molecule has 34 heavy (non-hydrogen) atoms. The number of halogens is 1. The summed E-state index contributed by atoms with van der Waals surface area (Å²) in [5.74, 6) is -0.367. The second kappa shape index (κ2) is 9.39. The van der Waals surface area contributed by atoms with Gasteiger partial charge in [-0.25, -0.2) is 0 Å². The highest BCUT2D eigenvalue weighted by atomic mass is 79.9. The molecule has 2 aliphatic rings. The van der Waals surface area contributed by atoms with Crippen LogP contribution in [0.3, 0.4) is 0 Å². The van der Waals surface area contributed by atoms with E-state index < -0.39 is 11.5 Å². The van der Waals surface area contributed by atoms with Gasteiger partial charge < -0.3 is 14.5 Å².